The second-order valence-corrected chi connectivity index (χ2v) is 4.94. The molecule has 2 heterocycles. The van der Waals surface area contributed by atoms with Crippen molar-refractivity contribution >= 4 is 16.0 Å². The molecule has 0 saturated heterocycles. The van der Waals surface area contributed by atoms with Crippen molar-refractivity contribution in [1.82, 2.24) is 9.88 Å². The molecule has 9 heteroatoms. The van der Waals surface area contributed by atoms with Gasteiger partial charge >= 0.3 is 5.97 Å². The fourth-order valence-electron chi connectivity index (χ4n) is 1.15. The Hall–Kier alpha value is -2.13. The van der Waals surface area contributed by atoms with Gasteiger partial charge in [0.25, 0.3) is 10.0 Å². The minimum Gasteiger partial charge on any atom is -0.475 e. The molecular weight excluding hydrogens is 264 g/mol. The van der Waals surface area contributed by atoms with E-state index in [2.05, 4.69) is 18.8 Å². The van der Waals surface area contributed by atoms with E-state index in [-0.39, 0.29) is 6.54 Å². The van der Waals surface area contributed by atoms with E-state index in [9.17, 15) is 13.2 Å². The van der Waals surface area contributed by atoms with Gasteiger partial charge in [-0.3, -0.25) is 0 Å². The smallest absolute Gasteiger partial charge is 0.371 e. The van der Waals surface area contributed by atoms with Crippen LogP contribution in [0.5, 0.6) is 0 Å². The number of nitrogens with one attached hydrogen (secondary N) is 1. The fraction of sp³-hybridized carbons (Fsp3) is 0.111. The van der Waals surface area contributed by atoms with Crippen LogP contribution in [0.25, 0.3) is 0 Å². The molecule has 0 aliphatic carbocycles. The van der Waals surface area contributed by atoms with Crippen LogP contribution in [-0.4, -0.2) is 24.7 Å². The molecule has 0 atom stereocenters. The standard InChI is InChI=1S/C9H8N2O6S/c12-9(13)7-1-2-8(17-7)18(14,15)10-5-6-3-4-16-11-6/h1-4,10H,5H2,(H,12,13). The Morgan fingerprint density at radius 3 is 2.72 bits per heavy atom. The van der Waals surface area contributed by atoms with Crippen LogP contribution < -0.4 is 4.72 Å². The first-order valence-electron chi connectivity index (χ1n) is 4.71. The molecule has 0 aliphatic rings. The summed E-state index contributed by atoms with van der Waals surface area (Å²) in [6, 6.07) is 3.62. The number of carboxylic acids is 1. The molecule has 18 heavy (non-hydrogen) atoms. The number of carbonyl (C=O) groups is 1. The van der Waals surface area contributed by atoms with Gasteiger partial charge in [-0.15, -0.1) is 0 Å². The van der Waals surface area contributed by atoms with Crippen molar-refractivity contribution in [3.63, 3.8) is 0 Å². The molecule has 0 saturated carbocycles. The largest absolute Gasteiger partial charge is 0.475 e. The van der Waals surface area contributed by atoms with E-state index in [4.69, 9.17) is 5.11 Å². The van der Waals surface area contributed by atoms with E-state index in [1.807, 2.05) is 0 Å². The number of aromatic nitrogens is 1. The summed E-state index contributed by atoms with van der Waals surface area (Å²) in [5, 5.41) is 11.7. The predicted octanol–water partition coefficient (Wildman–Crippen LogP) is 0.444. The van der Waals surface area contributed by atoms with E-state index in [0.29, 0.717) is 5.69 Å². The van der Waals surface area contributed by atoms with E-state index in [0.717, 1.165) is 12.1 Å². The SMILES string of the molecule is O=C(O)c1ccc(S(=O)(=O)NCc2ccon2)o1. The molecular formula is C9H8N2O6S. The molecule has 2 N–H and O–H groups in total. The number of hydrogen-bond donors (Lipinski definition) is 2. The second-order valence-electron chi connectivity index (χ2n) is 3.24. The van der Waals surface area contributed by atoms with Crippen LogP contribution in [0.1, 0.15) is 16.2 Å². The monoisotopic (exact) mass is 272 g/mol. The van der Waals surface area contributed by atoms with Gasteiger partial charge in [-0.2, -0.15) is 0 Å². The van der Waals surface area contributed by atoms with Crippen molar-refractivity contribution < 1.29 is 27.3 Å². The average Bonchev–Trinajstić information content (AvgIpc) is 2.98. The van der Waals surface area contributed by atoms with Crippen LogP contribution in [0.15, 0.2) is 38.5 Å². The highest BCUT2D eigenvalue weighted by Crippen LogP contribution is 2.14. The molecule has 0 spiro atoms. The molecule has 0 amide bonds. The van der Waals surface area contributed by atoms with Gasteiger partial charge in [0.05, 0.1) is 12.2 Å². The lowest BCUT2D eigenvalue weighted by Gasteiger charge is -2.00. The lowest BCUT2D eigenvalue weighted by molar-refractivity contribution is 0.0656. The summed E-state index contributed by atoms with van der Waals surface area (Å²) >= 11 is 0. The van der Waals surface area contributed by atoms with E-state index >= 15 is 0 Å². The maximum absolute atomic E-state index is 11.7. The summed E-state index contributed by atoms with van der Waals surface area (Å²) < 4.78 is 34.8. The van der Waals surface area contributed by atoms with Crippen LogP contribution >= 0.6 is 0 Å². The maximum Gasteiger partial charge on any atom is 0.371 e. The van der Waals surface area contributed by atoms with Crippen molar-refractivity contribution in [3.8, 4) is 0 Å². The first kappa shape index (κ1) is 12.3. The number of nitrogens with zero attached hydrogens (tertiary/aromatic N) is 1. The number of furan rings is 1. The van der Waals surface area contributed by atoms with Crippen LogP contribution in [0.2, 0.25) is 0 Å². The van der Waals surface area contributed by atoms with E-state index < -0.39 is 26.8 Å². The summed E-state index contributed by atoms with van der Waals surface area (Å²) in [5.74, 6) is -1.79. The third kappa shape index (κ3) is 2.57. The highest BCUT2D eigenvalue weighted by molar-refractivity contribution is 7.89. The molecule has 8 nitrogen and oxygen atoms in total. The topological polar surface area (TPSA) is 123 Å². The molecule has 96 valence electrons. The molecule has 2 aromatic rings. The third-order valence-electron chi connectivity index (χ3n) is 1.99. The van der Waals surface area contributed by atoms with Crippen LogP contribution in [0.4, 0.5) is 0 Å². The lowest BCUT2D eigenvalue weighted by atomic mass is 10.5. The second kappa shape index (κ2) is 4.63. The quantitative estimate of drug-likeness (QED) is 0.809. The van der Waals surface area contributed by atoms with Crippen LogP contribution in [0, 0.1) is 0 Å². The third-order valence-corrected chi connectivity index (χ3v) is 3.27. The van der Waals surface area contributed by atoms with Crippen molar-refractivity contribution in [3.05, 3.63) is 35.9 Å². The zero-order valence-corrected chi connectivity index (χ0v) is 9.68. The molecule has 0 fully saturated rings. The highest BCUT2D eigenvalue weighted by atomic mass is 32.2. The summed E-state index contributed by atoms with van der Waals surface area (Å²) in [7, 11) is -3.91. The van der Waals surface area contributed by atoms with Crippen molar-refractivity contribution in [2.75, 3.05) is 0 Å². The first-order valence-corrected chi connectivity index (χ1v) is 6.19. The van der Waals surface area contributed by atoms with Gasteiger partial charge in [0.1, 0.15) is 6.26 Å². The zero-order valence-electron chi connectivity index (χ0n) is 8.86. The van der Waals surface area contributed by atoms with Gasteiger partial charge < -0.3 is 14.0 Å². The van der Waals surface area contributed by atoms with Crippen molar-refractivity contribution in [1.29, 1.82) is 0 Å². The molecule has 0 unspecified atom stereocenters. The highest BCUT2D eigenvalue weighted by Gasteiger charge is 2.20. The average molecular weight is 272 g/mol. The Balaban J connectivity index is 2.12. The van der Waals surface area contributed by atoms with Crippen LogP contribution in [0.3, 0.4) is 0 Å². The minimum absolute atomic E-state index is 0.0814. The summed E-state index contributed by atoms with van der Waals surface area (Å²) in [6.07, 6.45) is 1.30. The number of sulfonamides is 1. The Kier molecular flexibility index (Phi) is 3.17. The number of rotatable bonds is 5. The van der Waals surface area contributed by atoms with E-state index in [1.165, 1.54) is 12.3 Å². The lowest BCUT2D eigenvalue weighted by Crippen LogP contribution is -2.22. The van der Waals surface area contributed by atoms with Gasteiger partial charge in [-0.1, -0.05) is 5.16 Å². The molecule has 0 radical (unpaired) electrons. The van der Waals surface area contributed by atoms with Gasteiger partial charge in [-0.05, 0) is 12.1 Å². The van der Waals surface area contributed by atoms with Crippen molar-refractivity contribution in [2.45, 2.75) is 11.6 Å². The van der Waals surface area contributed by atoms with Gasteiger partial charge in [0, 0.05) is 6.07 Å². The Labute approximate surface area is 101 Å². The number of aromatic carboxylic acids is 1. The normalized spacial score (nSPS) is 11.6. The summed E-state index contributed by atoms with van der Waals surface area (Å²) in [6.45, 7) is -0.0814. The molecule has 0 aromatic carbocycles. The predicted molar refractivity (Wildman–Crippen MR) is 56.2 cm³/mol. The zero-order chi connectivity index (χ0) is 13.2. The Morgan fingerprint density at radius 2 is 2.17 bits per heavy atom. The Morgan fingerprint density at radius 1 is 1.39 bits per heavy atom. The van der Waals surface area contributed by atoms with Crippen molar-refractivity contribution in [2.24, 2.45) is 0 Å². The van der Waals surface area contributed by atoms with Crippen LogP contribution in [-0.2, 0) is 16.6 Å². The first-order chi connectivity index (χ1) is 8.49. The number of carboxylic acid groups (broad SMARTS) is 1. The fourth-order valence-corrected chi connectivity index (χ4v) is 2.08. The van der Waals surface area contributed by atoms with Gasteiger partial charge in [-0.25, -0.2) is 17.9 Å². The van der Waals surface area contributed by atoms with Gasteiger partial charge in [0.15, 0.2) is 0 Å². The molecule has 2 rings (SSSR count). The summed E-state index contributed by atoms with van der Waals surface area (Å²) in [5.41, 5.74) is 0.392. The number of hydrogen-bond acceptors (Lipinski definition) is 6. The molecule has 2 aromatic heterocycles. The van der Waals surface area contributed by atoms with Gasteiger partial charge in [0.2, 0.25) is 10.9 Å². The van der Waals surface area contributed by atoms with E-state index in [1.54, 1.807) is 0 Å². The maximum atomic E-state index is 11.7. The Bertz CT molecular complexity index is 642. The minimum atomic E-state index is -3.91. The summed E-state index contributed by atoms with van der Waals surface area (Å²) in [4.78, 5) is 10.6. The molecule has 0 aliphatic heterocycles. The molecule has 0 bridgehead atoms.